The van der Waals surface area contributed by atoms with Crippen molar-refractivity contribution in [2.45, 2.75) is 86.0 Å². The topological polar surface area (TPSA) is 52.6 Å². The molecule has 0 amide bonds. The molecule has 4 aliphatic rings. The van der Waals surface area contributed by atoms with E-state index in [9.17, 15) is 9.59 Å². The molecule has 4 rings (SSSR count). The molecular weight excluding hydrogens is 340 g/mol. The zero-order chi connectivity index (χ0) is 19.7. The quantitative estimate of drug-likeness (QED) is 0.675. The summed E-state index contributed by atoms with van der Waals surface area (Å²) in [6.45, 7) is 13.2. The van der Waals surface area contributed by atoms with Crippen molar-refractivity contribution in [1.29, 1.82) is 0 Å². The number of hydrogen-bond acceptors (Lipinski definition) is 4. The summed E-state index contributed by atoms with van der Waals surface area (Å²) in [6, 6.07) is 0. The summed E-state index contributed by atoms with van der Waals surface area (Å²) >= 11 is 0. The first kappa shape index (κ1) is 19.4. The second kappa shape index (κ2) is 6.30. The number of hydrogen-bond donors (Lipinski definition) is 0. The minimum absolute atomic E-state index is 0.0337. The smallest absolute Gasteiger partial charge is 0.312 e. The lowest BCUT2D eigenvalue weighted by molar-refractivity contribution is -0.226. The van der Waals surface area contributed by atoms with E-state index < -0.39 is 6.29 Å². The second-order valence-corrected chi connectivity index (χ2v) is 11.3. The maximum atomic E-state index is 13.0. The molecule has 4 heteroatoms. The van der Waals surface area contributed by atoms with Crippen LogP contribution in [0.1, 0.15) is 73.6 Å². The third kappa shape index (κ3) is 2.97. The highest BCUT2D eigenvalue weighted by Crippen LogP contribution is 2.68. The van der Waals surface area contributed by atoms with Crippen molar-refractivity contribution in [1.82, 2.24) is 0 Å². The fourth-order valence-electron chi connectivity index (χ4n) is 7.19. The third-order valence-electron chi connectivity index (χ3n) is 8.12. The zero-order valence-electron chi connectivity index (χ0n) is 17.8. The third-order valence-corrected chi connectivity index (χ3v) is 8.12. The molecule has 3 saturated carbocycles. The summed E-state index contributed by atoms with van der Waals surface area (Å²) in [5.41, 5.74) is -0.288. The maximum absolute atomic E-state index is 13.0. The molecule has 1 heterocycles. The molecule has 0 aromatic heterocycles. The molecule has 4 nitrogen and oxygen atoms in total. The summed E-state index contributed by atoms with van der Waals surface area (Å²) < 4.78 is 12.3. The fourth-order valence-corrected chi connectivity index (χ4v) is 7.19. The fraction of sp³-hybridized carbons (Fsp3) is 0.913. The first-order chi connectivity index (χ1) is 12.5. The van der Waals surface area contributed by atoms with E-state index >= 15 is 0 Å². The van der Waals surface area contributed by atoms with Gasteiger partial charge in [0.1, 0.15) is 5.78 Å². The molecule has 1 aliphatic heterocycles. The van der Waals surface area contributed by atoms with E-state index in [1.807, 2.05) is 0 Å². The molecule has 0 unspecified atom stereocenters. The number of carbonyl (C=O) groups is 2. The van der Waals surface area contributed by atoms with Crippen LogP contribution in [0.3, 0.4) is 0 Å². The lowest BCUT2D eigenvalue weighted by Gasteiger charge is -2.60. The number of fused-ring (bicyclic) bond motifs is 4. The highest BCUT2D eigenvalue weighted by molar-refractivity contribution is 5.90. The van der Waals surface area contributed by atoms with Gasteiger partial charge in [-0.05, 0) is 47.8 Å². The Morgan fingerprint density at radius 2 is 1.81 bits per heavy atom. The highest BCUT2D eigenvalue weighted by atomic mass is 16.7. The van der Waals surface area contributed by atoms with Gasteiger partial charge in [-0.25, -0.2) is 0 Å². The van der Waals surface area contributed by atoms with Gasteiger partial charge in [0, 0.05) is 18.3 Å². The van der Waals surface area contributed by atoms with Crippen LogP contribution in [-0.2, 0) is 19.1 Å². The van der Waals surface area contributed by atoms with Crippen LogP contribution >= 0.6 is 0 Å². The van der Waals surface area contributed by atoms with Crippen molar-refractivity contribution in [2.24, 2.45) is 46.3 Å². The number of cyclic esters (lactones) is 1. The van der Waals surface area contributed by atoms with Crippen molar-refractivity contribution < 1.29 is 19.1 Å². The Kier molecular flexibility index (Phi) is 4.53. The molecule has 152 valence electrons. The van der Waals surface area contributed by atoms with Gasteiger partial charge in [0.15, 0.2) is 0 Å². The number of rotatable bonds is 3. The van der Waals surface area contributed by atoms with Crippen molar-refractivity contribution in [3.8, 4) is 0 Å². The lowest BCUT2D eigenvalue weighted by atomic mass is 9.40. The van der Waals surface area contributed by atoms with Gasteiger partial charge in [0.05, 0.1) is 12.0 Å². The van der Waals surface area contributed by atoms with E-state index in [0.29, 0.717) is 30.0 Å². The van der Waals surface area contributed by atoms with Crippen LogP contribution in [-0.4, -0.2) is 24.1 Å². The summed E-state index contributed by atoms with van der Waals surface area (Å²) in [5, 5.41) is 0. The Morgan fingerprint density at radius 1 is 1.11 bits per heavy atom. The first-order valence-electron chi connectivity index (χ1n) is 10.9. The Bertz CT molecular complexity index is 638. The normalized spacial score (nSPS) is 48.6. The Morgan fingerprint density at radius 3 is 2.48 bits per heavy atom. The highest BCUT2D eigenvalue weighted by Gasteiger charge is 2.74. The average molecular weight is 377 g/mol. The molecule has 27 heavy (non-hydrogen) atoms. The first-order valence-corrected chi connectivity index (χ1v) is 10.9. The summed E-state index contributed by atoms with van der Waals surface area (Å²) in [7, 11) is 0. The number of esters is 1. The van der Waals surface area contributed by atoms with Gasteiger partial charge in [-0.3, -0.25) is 9.59 Å². The van der Waals surface area contributed by atoms with Crippen LogP contribution in [0.15, 0.2) is 0 Å². The van der Waals surface area contributed by atoms with Gasteiger partial charge in [0.2, 0.25) is 6.29 Å². The summed E-state index contributed by atoms with van der Waals surface area (Å²) in [5.74, 6) is 1.54. The van der Waals surface area contributed by atoms with Gasteiger partial charge in [-0.1, -0.05) is 48.0 Å². The van der Waals surface area contributed by atoms with Gasteiger partial charge < -0.3 is 9.47 Å². The maximum Gasteiger partial charge on any atom is 0.312 e. The molecule has 0 aromatic rings. The van der Waals surface area contributed by atoms with Crippen LogP contribution in [0, 0.1) is 46.3 Å². The van der Waals surface area contributed by atoms with Crippen LogP contribution in [0.5, 0.6) is 0 Å². The van der Waals surface area contributed by atoms with Gasteiger partial charge in [-0.15, -0.1) is 0 Å². The van der Waals surface area contributed by atoms with E-state index in [-0.39, 0.29) is 40.7 Å². The molecule has 0 N–H and O–H groups in total. The zero-order valence-corrected chi connectivity index (χ0v) is 17.8. The Labute approximate surface area is 163 Å². The van der Waals surface area contributed by atoms with Crippen molar-refractivity contribution in [3.63, 3.8) is 0 Å². The summed E-state index contributed by atoms with van der Waals surface area (Å²) in [6.07, 6.45) is 4.56. The SMILES string of the molecule is CC(C)[C@@H]1CC[C@@H](C)C[C@H]1O[C@@H]1OC(=O)[C@@H]2[C@H]1[C@H]1C(=O)CC(C)(C)C[C@]12C. The van der Waals surface area contributed by atoms with Gasteiger partial charge in [0.25, 0.3) is 0 Å². The van der Waals surface area contributed by atoms with Crippen LogP contribution in [0.25, 0.3) is 0 Å². The largest absolute Gasteiger partial charge is 0.435 e. The molecule has 4 fully saturated rings. The number of ether oxygens (including phenoxy) is 2. The van der Waals surface area contributed by atoms with Gasteiger partial charge >= 0.3 is 5.97 Å². The van der Waals surface area contributed by atoms with E-state index in [1.54, 1.807) is 0 Å². The predicted octanol–water partition coefficient (Wildman–Crippen LogP) is 4.60. The predicted molar refractivity (Wildman–Crippen MR) is 103 cm³/mol. The molecule has 0 bridgehead atoms. The second-order valence-electron chi connectivity index (χ2n) is 11.3. The number of ketones is 1. The summed E-state index contributed by atoms with van der Waals surface area (Å²) in [4.78, 5) is 25.7. The number of Topliss-reactive ketones (excluding diaryl/α,β-unsaturated/α-hetero) is 1. The standard InChI is InChI=1S/C23H36O4/c1-12(2)14-8-7-13(3)9-16(14)26-21-17-18-15(24)10-22(4,5)11-23(18,6)19(17)20(25)27-21/h12-14,16-19,21H,7-11H2,1-6H3/t13-,14+,16-,17-,18-,19+,21-,23-/m1/s1. The molecule has 0 radical (unpaired) electrons. The number of carbonyl (C=O) groups excluding carboxylic acids is 2. The van der Waals surface area contributed by atoms with Crippen LogP contribution < -0.4 is 0 Å². The van der Waals surface area contributed by atoms with E-state index in [1.165, 1.54) is 12.8 Å². The minimum atomic E-state index is -0.526. The van der Waals surface area contributed by atoms with Crippen LogP contribution in [0.2, 0.25) is 0 Å². The molecule has 3 aliphatic carbocycles. The van der Waals surface area contributed by atoms with Gasteiger partial charge in [-0.2, -0.15) is 0 Å². The molecule has 0 spiro atoms. The van der Waals surface area contributed by atoms with Crippen molar-refractivity contribution >= 4 is 11.8 Å². The van der Waals surface area contributed by atoms with Crippen molar-refractivity contribution in [3.05, 3.63) is 0 Å². The van der Waals surface area contributed by atoms with Crippen LogP contribution in [0.4, 0.5) is 0 Å². The van der Waals surface area contributed by atoms with E-state index in [2.05, 4.69) is 41.5 Å². The molecule has 1 saturated heterocycles. The Hall–Kier alpha value is -0.900. The van der Waals surface area contributed by atoms with E-state index in [0.717, 1.165) is 12.8 Å². The Balaban J connectivity index is 1.55. The van der Waals surface area contributed by atoms with E-state index in [4.69, 9.17) is 9.47 Å². The lowest BCUT2D eigenvalue weighted by Crippen LogP contribution is -2.64. The monoisotopic (exact) mass is 376 g/mol. The average Bonchev–Trinajstić information content (AvgIpc) is 2.77. The van der Waals surface area contributed by atoms with Crippen molar-refractivity contribution in [2.75, 3.05) is 0 Å². The molecule has 8 atom stereocenters. The minimum Gasteiger partial charge on any atom is -0.435 e. The molecule has 0 aromatic carbocycles. The molecular formula is C23H36O4.